The maximum absolute atomic E-state index is 6.56. The molecule has 0 unspecified atom stereocenters. The van der Waals surface area contributed by atoms with Gasteiger partial charge in [-0.3, -0.25) is 0 Å². The Labute approximate surface area is 335 Å². The van der Waals surface area contributed by atoms with Crippen molar-refractivity contribution < 1.29 is 4.42 Å². The third-order valence-corrected chi connectivity index (χ3v) is 13.1. The predicted molar refractivity (Wildman–Crippen MR) is 240 cm³/mol. The average Bonchev–Trinajstić information content (AvgIpc) is 3.76. The third kappa shape index (κ3) is 5.38. The van der Waals surface area contributed by atoms with Crippen LogP contribution in [0, 0.1) is 0 Å². The maximum atomic E-state index is 6.56. The molecule has 0 radical (unpaired) electrons. The van der Waals surface area contributed by atoms with Gasteiger partial charge in [-0.25, -0.2) is 0 Å². The standard InChI is InChI=1S/C55H45NO/c1-55(2)46-27-10-6-22-41(46)42-34-33-38(35-47(42)55)39-21-7-11-28-48(39)56(50-30-16-32-52-54(50)45-24-9-13-31-51(45)57-52)49-29-12-8-23-43(49)44-26-15-20-37-19-14-25-40(53(37)44)36-17-4-3-5-18-36/h6-16,19-36H,3-5,17-18H2,1-2H3. The van der Waals surface area contributed by atoms with Crippen LogP contribution < -0.4 is 4.90 Å². The van der Waals surface area contributed by atoms with Crippen LogP contribution in [0.25, 0.3) is 66.1 Å². The molecule has 2 aliphatic carbocycles. The minimum absolute atomic E-state index is 0.102. The highest BCUT2D eigenvalue weighted by atomic mass is 16.3. The fourth-order valence-corrected chi connectivity index (χ4v) is 10.4. The zero-order chi connectivity index (χ0) is 38.1. The van der Waals surface area contributed by atoms with E-state index in [4.69, 9.17) is 4.42 Å². The van der Waals surface area contributed by atoms with Gasteiger partial charge < -0.3 is 9.32 Å². The first kappa shape index (κ1) is 33.9. The molecule has 2 heteroatoms. The normalized spacial score (nSPS) is 14.9. The molecule has 1 heterocycles. The Morgan fingerprint density at radius 2 is 1.09 bits per heavy atom. The van der Waals surface area contributed by atoms with E-state index < -0.39 is 0 Å². The lowest BCUT2D eigenvalue weighted by Gasteiger charge is -2.31. The van der Waals surface area contributed by atoms with Crippen LogP contribution in [-0.2, 0) is 5.41 Å². The molecule has 9 aromatic rings. The predicted octanol–water partition coefficient (Wildman–Crippen LogP) is 15.9. The fraction of sp³-hybridized carbons (Fsp3) is 0.164. The van der Waals surface area contributed by atoms with Gasteiger partial charge in [0.1, 0.15) is 11.2 Å². The van der Waals surface area contributed by atoms with Gasteiger partial charge in [0.05, 0.1) is 22.4 Å². The van der Waals surface area contributed by atoms with Crippen LogP contribution in [0.5, 0.6) is 0 Å². The average molecular weight is 736 g/mol. The van der Waals surface area contributed by atoms with Gasteiger partial charge in [0, 0.05) is 21.9 Å². The minimum atomic E-state index is -0.102. The monoisotopic (exact) mass is 735 g/mol. The van der Waals surface area contributed by atoms with Crippen molar-refractivity contribution in [3.63, 3.8) is 0 Å². The SMILES string of the molecule is CC1(C)c2ccccc2-c2ccc(-c3ccccc3N(c3ccccc3-c3cccc4cccc(C5CCCCC5)c34)c3cccc4oc5ccccc5c34)cc21. The molecule has 0 bridgehead atoms. The number of anilines is 3. The Balaban J connectivity index is 1.18. The van der Waals surface area contributed by atoms with E-state index in [1.807, 2.05) is 0 Å². The summed E-state index contributed by atoms with van der Waals surface area (Å²) >= 11 is 0. The van der Waals surface area contributed by atoms with Crippen LogP contribution in [0.4, 0.5) is 17.1 Å². The summed E-state index contributed by atoms with van der Waals surface area (Å²) in [5, 5.41) is 4.93. The van der Waals surface area contributed by atoms with Crippen LogP contribution in [0.2, 0.25) is 0 Å². The van der Waals surface area contributed by atoms with Gasteiger partial charge in [-0.05, 0) is 105 Å². The van der Waals surface area contributed by atoms with Crippen LogP contribution in [-0.4, -0.2) is 0 Å². The molecule has 1 fully saturated rings. The fourth-order valence-electron chi connectivity index (χ4n) is 10.4. The molecule has 0 amide bonds. The van der Waals surface area contributed by atoms with Crippen LogP contribution in [0.15, 0.2) is 174 Å². The number of hydrogen-bond donors (Lipinski definition) is 0. The van der Waals surface area contributed by atoms with E-state index in [1.165, 1.54) is 92.9 Å². The van der Waals surface area contributed by atoms with Gasteiger partial charge in [-0.2, -0.15) is 0 Å². The molecule has 11 rings (SSSR count). The van der Waals surface area contributed by atoms with Crippen LogP contribution >= 0.6 is 0 Å². The van der Waals surface area contributed by atoms with Crippen LogP contribution in [0.3, 0.4) is 0 Å². The van der Waals surface area contributed by atoms with Gasteiger partial charge in [-0.15, -0.1) is 0 Å². The number of benzene rings is 8. The zero-order valence-electron chi connectivity index (χ0n) is 32.6. The smallest absolute Gasteiger partial charge is 0.137 e. The summed E-state index contributed by atoms with van der Waals surface area (Å²) in [4.78, 5) is 2.52. The van der Waals surface area contributed by atoms with E-state index in [1.54, 1.807) is 0 Å². The highest BCUT2D eigenvalue weighted by molar-refractivity contribution is 6.15. The van der Waals surface area contributed by atoms with E-state index >= 15 is 0 Å². The van der Waals surface area contributed by atoms with Gasteiger partial charge in [0.15, 0.2) is 0 Å². The first-order valence-electron chi connectivity index (χ1n) is 20.7. The highest BCUT2D eigenvalue weighted by Gasteiger charge is 2.35. The minimum Gasteiger partial charge on any atom is -0.456 e. The lowest BCUT2D eigenvalue weighted by Crippen LogP contribution is -2.15. The maximum Gasteiger partial charge on any atom is 0.137 e. The number of rotatable bonds is 6. The first-order chi connectivity index (χ1) is 28.1. The van der Waals surface area contributed by atoms with Crippen molar-refractivity contribution in [3.8, 4) is 33.4 Å². The quantitative estimate of drug-likeness (QED) is 0.169. The summed E-state index contributed by atoms with van der Waals surface area (Å²) in [7, 11) is 0. The molecule has 2 aliphatic rings. The third-order valence-electron chi connectivity index (χ3n) is 13.1. The molecular weight excluding hydrogens is 691 g/mol. The Kier molecular flexibility index (Phi) is 7.96. The number of nitrogens with zero attached hydrogens (tertiary/aromatic N) is 1. The number of para-hydroxylation sites is 3. The van der Waals surface area contributed by atoms with Crippen molar-refractivity contribution in [2.75, 3.05) is 4.90 Å². The summed E-state index contributed by atoms with van der Waals surface area (Å²) in [5.41, 5.74) is 16.9. The lowest BCUT2D eigenvalue weighted by atomic mass is 9.80. The Hall–Kier alpha value is -6.38. The lowest BCUT2D eigenvalue weighted by molar-refractivity contribution is 0.445. The summed E-state index contributed by atoms with van der Waals surface area (Å²) in [6.45, 7) is 4.73. The first-order valence-corrected chi connectivity index (χ1v) is 20.7. The summed E-state index contributed by atoms with van der Waals surface area (Å²) < 4.78 is 6.56. The molecule has 1 aromatic heterocycles. The second kappa shape index (κ2) is 13.4. The van der Waals surface area contributed by atoms with Gasteiger partial charge in [0.25, 0.3) is 0 Å². The second-order valence-electron chi connectivity index (χ2n) is 16.6. The summed E-state index contributed by atoms with van der Waals surface area (Å²) in [6, 6.07) is 62.9. The van der Waals surface area contributed by atoms with E-state index in [0.717, 1.165) is 39.0 Å². The Bertz CT molecular complexity index is 2990. The van der Waals surface area contributed by atoms with Crippen molar-refractivity contribution in [1.29, 1.82) is 0 Å². The van der Waals surface area contributed by atoms with Crippen molar-refractivity contribution >= 4 is 49.8 Å². The number of fused-ring (bicyclic) bond motifs is 7. The van der Waals surface area contributed by atoms with E-state index in [0.29, 0.717) is 5.92 Å². The number of furan rings is 1. The molecular formula is C55H45NO. The van der Waals surface area contributed by atoms with Gasteiger partial charge >= 0.3 is 0 Å². The molecule has 276 valence electrons. The van der Waals surface area contributed by atoms with Crippen molar-refractivity contribution in [2.45, 2.75) is 57.3 Å². The molecule has 0 N–H and O–H groups in total. The highest BCUT2D eigenvalue weighted by Crippen LogP contribution is 2.53. The van der Waals surface area contributed by atoms with Gasteiger partial charge in [0.2, 0.25) is 0 Å². The molecule has 0 aliphatic heterocycles. The molecule has 2 nitrogen and oxygen atoms in total. The largest absolute Gasteiger partial charge is 0.456 e. The van der Waals surface area contributed by atoms with Gasteiger partial charge in [-0.1, -0.05) is 167 Å². The molecule has 0 saturated heterocycles. The van der Waals surface area contributed by atoms with Crippen molar-refractivity contribution in [2.24, 2.45) is 0 Å². The summed E-state index contributed by atoms with van der Waals surface area (Å²) in [5.74, 6) is 0.578. The Morgan fingerprint density at radius 3 is 1.93 bits per heavy atom. The molecule has 0 spiro atoms. The number of hydrogen-bond acceptors (Lipinski definition) is 2. The Morgan fingerprint density at radius 1 is 0.474 bits per heavy atom. The van der Waals surface area contributed by atoms with E-state index in [2.05, 4.69) is 189 Å². The summed E-state index contributed by atoms with van der Waals surface area (Å²) in [6.07, 6.45) is 6.46. The zero-order valence-corrected chi connectivity index (χ0v) is 32.6. The van der Waals surface area contributed by atoms with E-state index in [-0.39, 0.29) is 5.41 Å². The second-order valence-corrected chi connectivity index (χ2v) is 16.6. The molecule has 1 saturated carbocycles. The molecule has 0 atom stereocenters. The van der Waals surface area contributed by atoms with Crippen molar-refractivity contribution in [3.05, 3.63) is 187 Å². The molecule has 8 aromatic carbocycles. The van der Waals surface area contributed by atoms with Crippen LogP contribution in [0.1, 0.15) is 68.6 Å². The topological polar surface area (TPSA) is 16.4 Å². The van der Waals surface area contributed by atoms with E-state index in [9.17, 15) is 0 Å². The molecule has 57 heavy (non-hydrogen) atoms. The van der Waals surface area contributed by atoms with Crippen molar-refractivity contribution in [1.82, 2.24) is 0 Å².